The van der Waals surface area contributed by atoms with E-state index in [1.165, 1.54) is 0 Å². The molecule has 0 unspecified atom stereocenters. The topological polar surface area (TPSA) is 58.9 Å². The number of pyridine rings is 1. The molecule has 4 rings (SSSR count). The smallest absolute Gasteiger partial charge is 0.0934 e. The molecule has 24 heavy (non-hydrogen) atoms. The fourth-order valence-electron chi connectivity index (χ4n) is 2.38. The van der Waals surface area contributed by atoms with Crippen LogP contribution in [0.3, 0.4) is 0 Å². The van der Waals surface area contributed by atoms with Crippen LogP contribution in [-0.4, -0.2) is 26.1 Å². The van der Waals surface area contributed by atoms with E-state index in [2.05, 4.69) is 38.5 Å². The number of fused-ring (bicyclic) bond motifs is 1. The zero-order chi connectivity index (χ0) is 16.8. The van der Waals surface area contributed by atoms with Gasteiger partial charge in [-0.15, -0.1) is 0 Å². The van der Waals surface area contributed by atoms with Gasteiger partial charge in [0.05, 0.1) is 17.4 Å². The number of benzene rings is 1. The minimum atomic E-state index is 0.893. The Kier molecular flexibility index (Phi) is 4.81. The summed E-state index contributed by atoms with van der Waals surface area (Å²) in [5.41, 5.74) is 4.06. The van der Waals surface area contributed by atoms with E-state index in [1.54, 1.807) is 23.3 Å². The molecule has 0 spiro atoms. The molecular weight excluding hydrogens is 298 g/mol. The Bertz CT molecular complexity index is 921. The summed E-state index contributed by atoms with van der Waals surface area (Å²) >= 11 is 0. The molecule has 0 atom stereocenters. The number of hydrogen-bond donors (Lipinski definition) is 1. The number of aromatic nitrogens is 4. The van der Waals surface area contributed by atoms with Crippen molar-refractivity contribution in [2.45, 2.75) is 13.8 Å². The second kappa shape index (κ2) is 7.37. The first-order chi connectivity index (χ1) is 11.9. The van der Waals surface area contributed by atoms with Crippen molar-refractivity contribution in [2.75, 3.05) is 0 Å². The van der Waals surface area contributed by atoms with E-state index in [0.29, 0.717) is 0 Å². The minimum Gasteiger partial charge on any atom is -0.276 e. The van der Waals surface area contributed by atoms with Crippen LogP contribution >= 0.6 is 0 Å². The number of nitrogens with one attached hydrogen (secondary N) is 1. The second-order valence-corrected chi connectivity index (χ2v) is 4.91. The molecule has 0 saturated carbocycles. The standard InChI is InChI=1S/C17H13N5.C2H6/c1-2-10-22(9-1)19-12-17-15-4-3-14(11-16(15)20-21-17)13-5-7-18-8-6-13;1-2/h1-12H,(H,20,21);1-2H3/b19-12+;. The maximum atomic E-state index is 4.36. The summed E-state index contributed by atoms with van der Waals surface area (Å²) in [7, 11) is 0. The van der Waals surface area contributed by atoms with Crippen molar-refractivity contribution in [3.8, 4) is 11.1 Å². The van der Waals surface area contributed by atoms with Crippen molar-refractivity contribution in [1.82, 2.24) is 19.9 Å². The normalized spacial score (nSPS) is 10.8. The predicted octanol–water partition coefficient (Wildman–Crippen LogP) is 4.33. The molecule has 3 heterocycles. The molecule has 0 aliphatic rings. The molecule has 0 aliphatic heterocycles. The van der Waals surface area contributed by atoms with Gasteiger partial charge in [-0.1, -0.05) is 19.9 Å². The summed E-state index contributed by atoms with van der Waals surface area (Å²) in [5, 5.41) is 12.8. The lowest BCUT2D eigenvalue weighted by Crippen LogP contribution is -1.87. The molecule has 5 heteroatoms. The average Bonchev–Trinajstić information content (AvgIpc) is 3.31. The summed E-state index contributed by atoms with van der Waals surface area (Å²) in [5.74, 6) is 0. The van der Waals surface area contributed by atoms with Crippen LogP contribution in [0.5, 0.6) is 0 Å². The van der Waals surface area contributed by atoms with Crippen LogP contribution in [0.4, 0.5) is 0 Å². The summed E-state index contributed by atoms with van der Waals surface area (Å²) < 4.78 is 1.75. The highest BCUT2D eigenvalue weighted by Gasteiger charge is 2.05. The first-order valence-electron chi connectivity index (χ1n) is 7.96. The molecule has 120 valence electrons. The molecule has 0 fully saturated rings. The van der Waals surface area contributed by atoms with Gasteiger partial charge in [0, 0.05) is 30.2 Å². The molecule has 0 saturated heterocycles. The van der Waals surface area contributed by atoms with Crippen LogP contribution in [0, 0.1) is 0 Å². The highest BCUT2D eigenvalue weighted by Crippen LogP contribution is 2.24. The third-order valence-corrected chi connectivity index (χ3v) is 3.51. The van der Waals surface area contributed by atoms with Crippen molar-refractivity contribution in [1.29, 1.82) is 0 Å². The van der Waals surface area contributed by atoms with Gasteiger partial charge in [-0.05, 0) is 47.5 Å². The van der Waals surface area contributed by atoms with Crippen LogP contribution in [0.15, 0.2) is 72.4 Å². The lowest BCUT2D eigenvalue weighted by molar-refractivity contribution is 0.893. The van der Waals surface area contributed by atoms with Gasteiger partial charge in [0.25, 0.3) is 0 Å². The van der Waals surface area contributed by atoms with Crippen molar-refractivity contribution in [2.24, 2.45) is 5.10 Å². The first kappa shape index (κ1) is 15.7. The molecule has 1 aromatic carbocycles. The zero-order valence-electron chi connectivity index (χ0n) is 13.7. The van der Waals surface area contributed by atoms with Crippen molar-refractivity contribution in [3.05, 3.63) is 72.9 Å². The molecule has 1 N–H and O–H groups in total. The Hall–Kier alpha value is -3.21. The largest absolute Gasteiger partial charge is 0.276 e. The van der Waals surface area contributed by atoms with Crippen molar-refractivity contribution in [3.63, 3.8) is 0 Å². The Morgan fingerprint density at radius 1 is 1.00 bits per heavy atom. The number of H-pyrrole nitrogens is 1. The van der Waals surface area contributed by atoms with E-state index < -0.39 is 0 Å². The second-order valence-electron chi connectivity index (χ2n) is 4.91. The third-order valence-electron chi connectivity index (χ3n) is 3.51. The predicted molar refractivity (Wildman–Crippen MR) is 98.1 cm³/mol. The van der Waals surface area contributed by atoms with Crippen molar-refractivity contribution >= 4 is 17.1 Å². The van der Waals surface area contributed by atoms with Crippen LogP contribution in [0.1, 0.15) is 19.5 Å². The fraction of sp³-hybridized carbons (Fsp3) is 0.105. The van der Waals surface area contributed by atoms with Gasteiger partial charge < -0.3 is 0 Å². The molecule has 3 aromatic heterocycles. The molecular formula is C19H19N5. The van der Waals surface area contributed by atoms with E-state index >= 15 is 0 Å². The molecule has 0 aliphatic carbocycles. The number of hydrogen-bond acceptors (Lipinski definition) is 3. The van der Waals surface area contributed by atoms with Gasteiger partial charge in [-0.3, -0.25) is 10.1 Å². The Morgan fingerprint density at radius 2 is 1.75 bits per heavy atom. The van der Waals surface area contributed by atoms with Gasteiger partial charge in [0.2, 0.25) is 0 Å². The van der Waals surface area contributed by atoms with Gasteiger partial charge in [0.15, 0.2) is 0 Å². The van der Waals surface area contributed by atoms with E-state index in [-0.39, 0.29) is 0 Å². The average molecular weight is 317 g/mol. The maximum Gasteiger partial charge on any atom is 0.0934 e. The van der Waals surface area contributed by atoms with Crippen LogP contribution in [0.2, 0.25) is 0 Å². The number of aromatic amines is 1. The maximum absolute atomic E-state index is 4.36. The SMILES string of the molecule is C(=N\n1cccc1)/c1[nH]nc2cc(-c3ccncc3)ccc12.CC. The molecule has 0 radical (unpaired) electrons. The monoisotopic (exact) mass is 317 g/mol. The number of rotatable bonds is 3. The molecule has 0 amide bonds. The highest BCUT2D eigenvalue weighted by atomic mass is 15.3. The highest BCUT2D eigenvalue weighted by molar-refractivity contribution is 5.98. The van der Waals surface area contributed by atoms with Crippen LogP contribution < -0.4 is 0 Å². The summed E-state index contributed by atoms with van der Waals surface area (Å²) in [4.78, 5) is 4.04. The zero-order valence-corrected chi connectivity index (χ0v) is 13.7. The quantitative estimate of drug-likeness (QED) is 0.572. The first-order valence-corrected chi connectivity index (χ1v) is 7.96. The lowest BCUT2D eigenvalue weighted by Gasteiger charge is -2.00. The Morgan fingerprint density at radius 3 is 2.50 bits per heavy atom. The van der Waals surface area contributed by atoms with E-state index in [0.717, 1.165) is 27.7 Å². The van der Waals surface area contributed by atoms with Crippen LogP contribution in [-0.2, 0) is 0 Å². The summed E-state index contributed by atoms with van der Waals surface area (Å²) in [6.07, 6.45) is 9.13. The van der Waals surface area contributed by atoms with Gasteiger partial charge in [0.1, 0.15) is 0 Å². The van der Waals surface area contributed by atoms with Gasteiger partial charge in [-0.25, -0.2) is 4.68 Å². The summed E-state index contributed by atoms with van der Waals surface area (Å²) in [6.45, 7) is 4.00. The van der Waals surface area contributed by atoms with Gasteiger partial charge >= 0.3 is 0 Å². The van der Waals surface area contributed by atoms with E-state index in [1.807, 2.05) is 50.5 Å². The minimum absolute atomic E-state index is 0.893. The van der Waals surface area contributed by atoms with E-state index in [4.69, 9.17) is 0 Å². The lowest BCUT2D eigenvalue weighted by atomic mass is 10.1. The Balaban J connectivity index is 0.000000815. The van der Waals surface area contributed by atoms with E-state index in [9.17, 15) is 0 Å². The van der Waals surface area contributed by atoms with Gasteiger partial charge in [-0.2, -0.15) is 10.2 Å². The van der Waals surface area contributed by atoms with Crippen LogP contribution in [0.25, 0.3) is 22.0 Å². The van der Waals surface area contributed by atoms with Crippen molar-refractivity contribution < 1.29 is 0 Å². The number of nitrogens with zero attached hydrogens (tertiary/aromatic N) is 4. The molecule has 0 bridgehead atoms. The fourth-order valence-corrected chi connectivity index (χ4v) is 2.38. The Labute approximate surface area is 140 Å². The third kappa shape index (κ3) is 3.25. The molecule has 5 nitrogen and oxygen atoms in total. The molecule has 4 aromatic rings. The summed E-state index contributed by atoms with van der Waals surface area (Å²) in [6, 6.07) is 14.1.